The van der Waals surface area contributed by atoms with Gasteiger partial charge < -0.3 is 10.1 Å². The zero-order valence-corrected chi connectivity index (χ0v) is 16.3. The number of amides is 1. The van der Waals surface area contributed by atoms with Gasteiger partial charge in [0.05, 0.1) is 13.0 Å². The molecule has 3 rings (SSSR count). The molecule has 0 saturated carbocycles. The van der Waals surface area contributed by atoms with Crippen molar-refractivity contribution < 1.29 is 9.53 Å². The number of carbonyl (C=O) groups is 1. The van der Waals surface area contributed by atoms with Crippen molar-refractivity contribution in [2.24, 2.45) is 5.92 Å². The Kier molecular flexibility index (Phi) is 7.09. The van der Waals surface area contributed by atoms with Crippen molar-refractivity contribution in [1.82, 2.24) is 10.2 Å². The van der Waals surface area contributed by atoms with Gasteiger partial charge in [-0.1, -0.05) is 18.2 Å². The van der Waals surface area contributed by atoms with Gasteiger partial charge in [-0.3, -0.25) is 9.69 Å². The van der Waals surface area contributed by atoms with E-state index in [9.17, 15) is 4.79 Å². The lowest BCUT2D eigenvalue weighted by molar-refractivity contribution is -0.120. The average molecular weight is 373 g/mol. The molecule has 0 aliphatic carbocycles. The minimum absolute atomic E-state index is 0.101. The summed E-state index contributed by atoms with van der Waals surface area (Å²) >= 11 is 1.82. The molecule has 1 aromatic heterocycles. The molecule has 1 saturated heterocycles. The first kappa shape index (κ1) is 18.9. The zero-order valence-electron chi connectivity index (χ0n) is 15.4. The Morgan fingerprint density at radius 2 is 2.15 bits per heavy atom. The van der Waals surface area contributed by atoms with Crippen LogP contribution < -0.4 is 10.1 Å². The Bertz CT molecular complexity index is 670. The van der Waals surface area contributed by atoms with E-state index in [1.165, 1.54) is 17.7 Å². The number of piperidine rings is 1. The third-order valence-electron chi connectivity index (χ3n) is 4.75. The zero-order chi connectivity index (χ0) is 18.2. The van der Waals surface area contributed by atoms with E-state index >= 15 is 0 Å². The third-order valence-corrected chi connectivity index (χ3v) is 5.61. The summed E-state index contributed by atoms with van der Waals surface area (Å²) in [5.41, 5.74) is 1.02. The van der Waals surface area contributed by atoms with Crippen LogP contribution in [0.15, 0.2) is 41.8 Å². The average Bonchev–Trinajstić information content (AvgIpc) is 3.15. The first-order chi connectivity index (χ1) is 12.7. The van der Waals surface area contributed by atoms with Crippen LogP contribution in [0.3, 0.4) is 0 Å². The minimum atomic E-state index is 0.101. The lowest BCUT2D eigenvalue weighted by Gasteiger charge is -2.32. The fraction of sp³-hybridized carbons (Fsp3) is 0.476. The van der Waals surface area contributed by atoms with Crippen LogP contribution in [-0.4, -0.2) is 37.0 Å². The Balaban J connectivity index is 1.40. The van der Waals surface area contributed by atoms with E-state index < -0.39 is 0 Å². The molecule has 140 valence electrons. The molecule has 1 aromatic carbocycles. The van der Waals surface area contributed by atoms with Crippen molar-refractivity contribution in [2.45, 2.75) is 32.7 Å². The molecular weight excluding hydrogens is 344 g/mol. The van der Waals surface area contributed by atoms with Crippen LogP contribution in [0.4, 0.5) is 0 Å². The summed E-state index contributed by atoms with van der Waals surface area (Å²) in [6, 6.07) is 12.1. The highest BCUT2D eigenvalue weighted by atomic mass is 32.1. The summed E-state index contributed by atoms with van der Waals surface area (Å²) < 4.78 is 5.44. The Morgan fingerprint density at radius 3 is 2.88 bits per heavy atom. The molecule has 0 radical (unpaired) electrons. The fourth-order valence-electron chi connectivity index (χ4n) is 3.46. The SMILES string of the molecule is CCOc1ccc(CC(=O)NCC2CCCN(Cc3cccs3)C2)cc1. The molecule has 26 heavy (non-hydrogen) atoms. The molecule has 1 aliphatic rings. The van der Waals surface area contributed by atoms with Crippen LogP contribution in [-0.2, 0) is 17.8 Å². The maximum absolute atomic E-state index is 12.2. The maximum atomic E-state index is 12.2. The van der Waals surface area contributed by atoms with Gasteiger partial charge >= 0.3 is 0 Å². The number of hydrogen-bond donors (Lipinski definition) is 1. The maximum Gasteiger partial charge on any atom is 0.224 e. The summed E-state index contributed by atoms with van der Waals surface area (Å²) in [6.07, 6.45) is 2.84. The first-order valence-corrected chi connectivity index (χ1v) is 10.3. The first-order valence-electron chi connectivity index (χ1n) is 9.46. The van der Waals surface area contributed by atoms with Gasteiger partial charge in [0.2, 0.25) is 5.91 Å². The van der Waals surface area contributed by atoms with E-state index in [1.54, 1.807) is 0 Å². The number of rotatable bonds is 8. The smallest absolute Gasteiger partial charge is 0.224 e. The number of nitrogens with one attached hydrogen (secondary N) is 1. The van der Waals surface area contributed by atoms with Crippen molar-refractivity contribution in [1.29, 1.82) is 0 Å². The van der Waals surface area contributed by atoms with Gasteiger partial charge in [0.15, 0.2) is 0 Å². The fourth-order valence-corrected chi connectivity index (χ4v) is 4.21. The number of hydrogen-bond acceptors (Lipinski definition) is 4. The second-order valence-electron chi connectivity index (χ2n) is 6.88. The van der Waals surface area contributed by atoms with Gasteiger partial charge in [-0.25, -0.2) is 0 Å². The molecule has 0 spiro atoms. The number of benzene rings is 1. The van der Waals surface area contributed by atoms with E-state index in [0.29, 0.717) is 18.9 Å². The van der Waals surface area contributed by atoms with Crippen LogP contribution in [0.5, 0.6) is 5.75 Å². The van der Waals surface area contributed by atoms with Crippen LogP contribution in [0.25, 0.3) is 0 Å². The predicted octanol–water partition coefficient (Wildman–Crippen LogP) is 3.72. The molecule has 2 heterocycles. The second kappa shape index (κ2) is 9.74. The molecule has 1 N–H and O–H groups in total. The van der Waals surface area contributed by atoms with Gasteiger partial charge in [0.25, 0.3) is 0 Å². The molecule has 1 amide bonds. The van der Waals surface area contributed by atoms with Crippen molar-refractivity contribution in [2.75, 3.05) is 26.2 Å². The molecular formula is C21H28N2O2S. The van der Waals surface area contributed by atoms with E-state index in [-0.39, 0.29) is 5.91 Å². The number of ether oxygens (including phenoxy) is 1. The second-order valence-corrected chi connectivity index (χ2v) is 7.91. The van der Waals surface area contributed by atoms with Gasteiger partial charge in [-0.05, 0) is 61.4 Å². The van der Waals surface area contributed by atoms with Gasteiger partial charge in [-0.2, -0.15) is 0 Å². The molecule has 2 aromatic rings. The van der Waals surface area contributed by atoms with E-state index in [1.807, 2.05) is 42.5 Å². The van der Waals surface area contributed by atoms with Gasteiger partial charge in [0, 0.05) is 24.5 Å². The minimum Gasteiger partial charge on any atom is -0.494 e. The van der Waals surface area contributed by atoms with Crippen molar-refractivity contribution >= 4 is 17.2 Å². The molecule has 5 heteroatoms. The van der Waals surface area contributed by atoms with E-state index in [0.717, 1.165) is 37.5 Å². The largest absolute Gasteiger partial charge is 0.494 e. The van der Waals surface area contributed by atoms with Gasteiger partial charge in [0.1, 0.15) is 5.75 Å². The summed E-state index contributed by atoms with van der Waals surface area (Å²) in [4.78, 5) is 16.2. The highest BCUT2D eigenvalue weighted by Gasteiger charge is 2.20. The van der Waals surface area contributed by atoms with E-state index in [2.05, 4.69) is 27.7 Å². The lowest BCUT2D eigenvalue weighted by atomic mass is 9.98. The highest BCUT2D eigenvalue weighted by molar-refractivity contribution is 7.09. The number of nitrogens with zero attached hydrogens (tertiary/aromatic N) is 1. The predicted molar refractivity (Wildman–Crippen MR) is 107 cm³/mol. The normalized spacial score (nSPS) is 17.8. The number of thiophene rings is 1. The Labute approximate surface area is 160 Å². The number of likely N-dealkylation sites (tertiary alicyclic amines) is 1. The lowest BCUT2D eigenvalue weighted by Crippen LogP contribution is -2.40. The molecule has 4 nitrogen and oxygen atoms in total. The van der Waals surface area contributed by atoms with Crippen LogP contribution in [0.1, 0.15) is 30.2 Å². The van der Waals surface area contributed by atoms with Crippen molar-refractivity contribution in [3.8, 4) is 5.75 Å². The summed E-state index contributed by atoms with van der Waals surface area (Å²) in [6.45, 7) is 6.67. The summed E-state index contributed by atoms with van der Waals surface area (Å²) in [5.74, 6) is 1.50. The Hall–Kier alpha value is -1.85. The van der Waals surface area contributed by atoms with Crippen LogP contribution >= 0.6 is 11.3 Å². The van der Waals surface area contributed by atoms with Gasteiger partial charge in [-0.15, -0.1) is 11.3 Å². The standard InChI is InChI=1S/C21H28N2O2S/c1-2-25-19-9-7-17(8-10-19)13-21(24)22-14-18-5-3-11-23(15-18)16-20-6-4-12-26-20/h4,6-10,12,18H,2-3,5,11,13-16H2,1H3,(H,22,24). The highest BCUT2D eigenvalue weighted by Crippen LogP contribution is 2.20. The number of carbonyl (C=O) groups excluding carboxylic acids is 1. The molecule has 1 fully saturated rings. The van der Waals surface area contributed by atoms with Crippen LogP contribution in [0.2, 0.25) is 0 Å². The molecule has 1 atom stereocenters. The van der Waals surface area contributed by atoms with Crippen molar-refractivity contribution in [3.63, 3.8) is 0 Å². The quantitative estimate of drug-likeness (QED) is 0.768. The topological polar surface area (TPSA) is 41.6 Å². The van der Waals surface area contributed by atoms with Crippen LogP contribution in [0, 0.1) is 5.92 Å². The summed E-state index contributed by atoms with van der Waals surface area (Å²) in [7, 11) is 0. The molecule has 1 aliphatic heterocycles. The third kappa shape index (κ3) is 5.85. The van der Waals surface area contributed by atoms with Crippen molar-refractivity contribution in [3.05, 3.63) is 52.2 Å². The van der Waals surface area contributed by atoms with E-state index in [4.69, 9.17) is 4.74 Å². The molecule has 1 unspecified atom stereocenters. The Morgan fingerprint density at radius 1 is 1.31 bits per heavy atom. The monoisotopic (exact) mass is 372 g/mol. The summed E-state index contributed by atoms with van der Waals surface area (Å²) in [5, 5.41) is 5.26. The molecule has 0 bridgehead atoms.